The quantitative estimate of drug-likeness (QED) is 0.795. The fourth-order valence-electron chi connectivity index (χ4n) is 1.65. The van der Waals surface area contributed by atoms with Gasteiger partial charge in [-0.05, 0) is 27.7 Å². The minimum atomic E-state index is -0.462. The number of primary amides is 1. The number of hydrogen-bond acceptors (Lipinski definition) is 5. The molecule has 0 aliphatic rings. The highest BCUT2D eigenvalue weighted by Gasteiger charge is 2.21. The molecule has 1 amide bonds. The van der Waals surface area contributed by atoms with Crippen LogP contribution in [0.1, 0.15) is 33.0 Å². The number of carbonyl (C=O) groups excluding carboxylic acids is 1. The Morgan fingerprint density at radius 2 is 2.17 bits per heavy atom. The summed E-state index contributed by atoms with van der Waals surface area (Å²) < 4.78 is 5.34. The molecule has 0 radical (unpaired) electrons. The maximum absolute atomic E-state index is 11.0. The van der Waals surface area contributed by atoms with Gasteiger partial charge in [0.05, 0.1) is 6.61 Å². The van der Waals surface area contributed by atoms with Gasteiger partial charge >= 0.3 is 0 Å². The Morgan fingerprint density at radius 1 is 1.50 bits per heavy atom. The predicted octanol–water partition coefficient (Wildman–Crippen LogP) is 1.25. The number of hydrogen-bond donors (Lipinski definition) is 2. The average molecular weight is 252 g/mol. The van der Waals surface area contributed by atoms with E-state index in [4.69, 9.17) is 10.5 Å². The Morgan fingerprint density at radius 3 is 2.72 bits per heavy atom. The van der Waals surface area contributed by atoms with Crippen molar-refractivity contribution >= 4 is 11.7 Å². The lowest BCUT2D eigenvalue weighted by atomic mass is 10.0. The van der Waals surface area contributed by atoms with Crippen LogP contribution in [-0.2, 0) is 4.79 Å². The molecule has 0 aliphatic carbocycles. The fraction of sp³-hybridized carbons (Fsp3) is 0.583. The van der Waals surface area contributed by atoms with Gasteiger partial charge in [-0.3, -0.25) is 4.79 Å². The zero-order valence-electron chi connectivity index (χ0n) is 11.3. The van der Waals surface area contributed by atoms with Crippen molar-refractivity contribution in [2.75, 3.05) is 11.9 Å². The Labute approximate surface area is 107 Å². The van der Waals surface area contributed by atoms with Crippen LogP contribution in [0.2, 0.25) is 0 Å². The van der Waals surface area contributed by atoms with Gasteiger partial charge in [0.15, 0.2) is 0 Å². The second kappa shape index (κ2) is 5.66. The van der Waals surface area contributed by atoms with Gasteiger partial charge in [0.2, 0.25) is 11.8 Å². The van der Waals surface area contributed by atoms with Crippen molar-refractivity contribution in [3.05, 3.63) is 11.9 Å². The molecular formula is C12H20N4O2. The number of rotatable bonds is 6. The van der Waals surface area contributed by atoms with Crippen LogP contribution in [0.5, 0.6) is 5.88 Å². The molecular weight excluding hydrogens is 232 g/mol. The molecule has 0 atom stereocenters. The molecule has 0 spiro atoms. The van der Waals surface area contributed by atoms with Gasteiger partial charge in [0.25, 0.3) is 0 Å². The second-order valence-electron chi connectivity index (χ2n) is 4.72. The minimum absolute atomic E-state index is 0.222. The molecule has 1 heterocycles. The number of aryl methyl sites for hydroxylation is 1. The second-order valence-corrected chi connectivity index (χ2v) is 4.72. The third-order valence-electron chi connectivity index (χ3n) is 2.19. The van der Waals surface area contributed by atoms with Crippen molar-refractivity contribution in [1.29, 1.82) is 0 Å². The van der Waals surface area contributed by atoms with E-state index in [0.29, 0.717) is 24.1 Å². The highest BCUT2D eigenvalue weighted by Crippen LogP contribution is 2.19. The number of amides is 1. The van der Waals surface area contributed by atoms with E-state index in [1.165, 1.54) is 0 Å². The lowest BCUT2D eigenvalue weighted by molar-refractivity contribution is -0.118. The average Bonchev–Trinajstić information content (AvgIpc) is 2.12. The largest absolute Gasteiger partial charge is 0.478 e. The molecule has 0 bridgehead atoms. The molecule has 1 aromatic heterocycles. The van der Waals surface area contributed by atoms with Gasteiger partial charge in [0.1, 0.15) is 11.6 Å². The number of nitrogens with zero attached hydrogens (tertiary/aromatic N) is 2. The van der Waals surface area contributed by atoms with E-state index >= 15 is 0 Å². The van der Waals surface area contributed by atoms with Crippen LogP contribution >= 0.6 is 0 Å². The Balaban J connectivity index is 2.86. The van der Waals surface area contributed by atoms with Crippen molar-refractivity contribution in [2.24, 2.45) is 5.73 Å². The molecule has 0 aliphatic heterocycles. The normalized spacial score (nSPS) is 11.1. The van der Waals surface area contributed by atoms with E-state index in [9.17, 15) is 4.79 Å². The Bertz CT molecular complexity index is 432. The van der Waals surface area contributed by atoms with E-state index in [-0.39, 0.29) is 12.3 Å². The summed E-state index contributed by atoms with van der Waals surface area (Å²) >= 11 is 0. The lowest BCUT2D eigenvalue weighted by Crippen LogP contribution is -2.36. The molecule has 0 unspecified atom stereocenters. The van der Waals surface area contributed by atoms with Crippen molar-refractivity contribution in [3.8, 4) is 5.88 Å². The minimum Gasteiger partial charge on any atom is -0.478 e. The number of nitrogens with one attached hydrogen (secondary N) is 1. The zero-order valence-corrected chi connectivity index (χ0v) is 11.3. The summed E-state index contributed by atoms with van der Waals surface area (Å²) in [6.45, 7) is 7.99. The number of aromatic nitrogens is 2. The van der Waals surface area contributed by atoms with Crippen LogP contribution in [-0.4, -0.2) is 28.0 Å². The molecule has 0 saturated carbocycles. The summed E-state index contributed by atoms with van der Waals surface area (Å²) in [5, 5.41) is 3.16. The Kier molecular flexibility index (Phi) is 4.47. The first-order valence-electron chi connectivity index (χ1n) is 5.87. The molecule has 6 nitrogen and oxygen atoms in total. The highest BCUT2D eigenvalue weighted by atomic mass is 16.5. The van der Waals surface area contributed by atoms with Crippen LogP contribution in [0, 0.1) is 6.92 Å². The zero-order chi connectivity index (χ0) is 13.8. The molecule has 0 aromatic carbocycles. The van der Waals surface area contributed by atoms with Crippen LogP contribution in [0.4, 0.5) is 5.82 Å². The fourth-order valence-corrected chi connectivity index (χ4v) is 1.65. The van der Waals surface area contributed by atoms with E-state index in [0.717, 1.165) is 0 Å². The molecule has 1 rings (SSSR count). The van der Waals surface area contributed by atoms with Crippen LogP contribution in [0.3, 0.4) is 0 Å². The molecule has 18 heavy (non-hydrogen) atoms. The molecule has 6 heteroatoms. The van der Waals surface area contributed by atoms with E-state index < -0.39 is 5.54 Å². The van der Waals surface area contributed by atoms with Crippen LogP contribution in [0.25, 0.3) is 0 Å². The van der Waals surface area contributed by atoms with Crippen molar-refractivity contribution in [1.82, 2.24) is 9.97 Å². The summed E-state index contributed by atoms with van der Waals surface area (Å²) in [6, 6.07) is 1.71. The third kappa shape index (κ3) is 4.57. The summed E-state index contributed by atoms with van der Waals surface area (Å²) in [5.74, 6) is 1.39. The first kappa shape index (κ1) is 14.2. The summed E-state index contributed by atoms with van der Waals surface area (Å²) in [6.07, 6.45) is 0.222. The SMILES string of the molecule is CCOc1cc(NC(C)(C)CC(N)=O)nc(C)n1. The highest BCUT2D eigenvalue weighted by molar-refractivity contribution is 5.75. The van der Waals surface area contributed by atoms with Gasteiger partial charge in [-0.2, -0.15) is 4.98 Å². The topological polar surface area (TPSA) is 90.1 Å². The van der Waals surface area contributed by atoms with E-state index in [2.05, 4.69) is 15.3 Å². The van der Waals surface area contributed by atoms with Crippen molar-refractivity contribution in [2.45, 2.75) is 39.7 Å². The van der Waals surface area contributed by atoms with Gasteiger partial charge in [0, 0.05) is 18.0 Å². The molecule has 0 saturated heterocycles. The lowest BCUT2D eigenvalue weighted by Gasteiger charge is -2.25. The number of nitrogens with two attached hydrogens (primary N) is 1. The van der Waals surface area contributed by atoms with Gasteiger partial charge in [-0.15, -0.1) is 0 Å². The smallest absolute Gasteiger partial charge is 0.219 e. The molecule has 1 aromatic rings. The predicted molar refractivity (Wildman–Crippen MR) is 69.5 cm³/mol. The summed E-state index contributed by atoms with van der Waals surface area (Å²) in [4.78, 5) is 19.4. The maximum Gasteiger partial charge on any atom is 0.219 e. The van der Waals surface area contributed by atoms with Gasteiger partial charge < -0.3 is 15.8 Å². The van der Waals surface area contributed by atoms with E-state index in [1.807, 2.05) is 20.8 Å². The number of carbonyl (C=O) groups is 1. The van der Waals surface area contributed by atoms with Gasteiger partial charge in [-0.25, -0.2) is 4.98 Å². The monoisotopic (exact) mass is 252 g/mol. The summed E-state index contributed by atoms with van der Waals surface area (Å²) in [7, 11) is 0. The summed E-state index contributed by atoms with van der Waals surface area (Å²) in [5.41, 5.74) is 4.74. The molecule has 3 N–H and O–H groups in total. The van der Waals surface area contributed by atoms with E-state index in [1.54, 1.807) is 13.0 Å². The maximum atomic E-state index is 11.0. The molecule has 100 valence electrons. The van der Waals surface area contributed by atoms with Crippen LogP contribution in [0.15, 0.2) is 6.07 Å². The first-order valence-corrected chi connectivity index (χ1v) is 5.87. The number of anilines is 1. The van der Waals surface area contributed by atoms with Crippen molar-refractivity contribution in [3.63, 3.8) is 0 Å². The third-order valence-corrected chi connectivity index (χ3v) is 2.19. The van der Waals surface area contributed by atoms with Crippen molar-refractivity contribution < 1.29 is 9.53 Å². The molecule has 0 fully saturated rings. The standard InChI is InChI=1S/C12H20N4O2/c1-5-18-11-6-10(14-8(2)15-11)16-12(3,4)7-9(13)17/h6H,5,7H2,1-4H3,(H2,13,17)(H,14,15,16). The number of ether oxygens (including phenoxy) is 1. The van der Waals surface area contributed by atoms with Gasteiger partial charge in [-0.1, -0.05) is 0 Å². The Hall–Kier alpha value is -1.85. The first-order chi connectivity index (χ1) is 8.32. The van der Waals surface area contributed by atoms with Crippen LogP contribution < -0.4 is 15.8 Å².